The Bertz CT molecular complexity index is 150. The molecule has 4 heteroatoms. The highest BCUT2D eigenvalue weighted by Gasteiger charge is 1.94. The van der Waals surface area contributed by atoms with Gasteiger partial charge in [0.25, 0.3) is 0 Å². The highest BCUT2D eigenvalue weighted by Crippen LogP contribution is 1.81. The van der Waals surface area contributed by atoms with Gasteiger partial charge in [-0.1, -0.05) is 0 Å². The zero-order valence-corrected chi connectivity index (χ0v) is 6.68. The molecule has 0 fully saturated rings. The van der Waals surface area contributed by atoms with E-state index in [9.17, 15) is 4.79 Å². The molecule has 0 aromatic carbocycles. The number of nitrogens with zero attached hydrogens (tertiary/aromatic N) is 1. The first-order valence-electron chi connectivity index (χ1n) is 3.70. The molecule has 0 radical (unpaired) electrons. The van der Waals surface area contributed by atoms with Crippen molar-refractivity contribution in [1.82, 2.24) is 10.6 Å². The predicted octanol–water partition coefficient (Wildman–Crippen LogP) is 0.609. The summed E-state index contributed by atoms with van der Waals surface area (Å²) in [6.45, 7) is 3.05. The number of nitrogens with one attached hydrogen (secondary N) is 2. The predicted molar refractivity (Wildman–Crippen MR) is 41.9 cm³/mol. The van der Waals surface area contributed by atoms with Gasteiger partial charge in [0, 0.05) is 19.5 Å². The number of nitriles is 1. The van der Waals surface area contributed by atoms with Crippen LogP contribution in [0.15, 0.2) is 0 Å². The van der Waals surface area contributed by atoms with Gasteiger partial charge in [0.1, 0.15) is 0 Å². The Labute approximate surface area is 66.6 Å². The van der Waals surface area contributed by atoms with Crippen LogP contribution in [-0.4, -0.2) is 19.1 Å². The van der Waals surface area contributed by atoms with Gasteiger partial charge < -0.3 is 10.6 Å². The average molecular weight is 155 g/mol. The molecule has 4 nitrogen and oxygen atoms in total. The summed E-state index contributed by atoms with van der Waals surface area (Å²) in [6.07, 6.45) is 1.21. The van der Waals surface area contributed by atoms with Crippen LogP contribution in [-0.2, 0) is 0 Å². The summed E-state index contributed by atoms with van der Waals surface area (Å²) < 4.78 is 0. The Balaban J connectivity index is 3.12. The Hall–Kier alpha value is -1.24. The van der Waals surface area contributed by atoms with Crippen LogP contribution >= 0.6 is 0 Å². The third-order valence-corrected chi connectivity index (χ3v) is 1.09. The quantitative estimate of drug-likeness (QED) is 0.584. The third-order valence-electron chi connectivity index (χ3n) is 1.09. The third kappa shape index (κ3) is 6.65. The van der Waals surface area contributed by atoms with Crippen molar-refractivity contribution in [1.29, 1.82) is 5.26 Å². The van der Waals surface area contributed by atoms with E-state index in [0.29, 0.717) is 25.9 Å². The normalized spacial score (nSPS) is 8.36. The second-order valence-electron chi connectivity index (χ2n) is 2.05. The van der Waals surface area contributed by atoms with Crippen LogP contribution in [0.25, 0.3) is 0 Å². The molecule has 0 bridgehead atoms. The van der Waals surface area contributed by atoms with Crippen LogP contribution in [0.5, 0.6) is 0 Å². The molecule has 0 spiro atoms. The molecule has 2 amide bonds. The molecular weight excluding hydrogens is 142 g/mol. The number of hydrogen-bond acceptors (Lipinski definition) is 2. The first-order valence-corrected chi connectivity index (χ1v) is 3.70. The van der Waals surface area contributed by atoms with Crippen molar-refractivity contribution < 1.29 is 4.79 Å². The van der Waals surface area contributed by atoms with Crippen LogP contribution in [0.3, 0.4) is 0 Å². The monoisotopic (exact) mass is 155 g/mol. The van der Waals surface area contributed by atoms with Crippen molar-refractivity contribution >= 4 is 6.03 Å². The maximum absolute atomic E-state index is 10.7. The molecule has 0 saturated carbocycles. The zero-order valence-electron chi connectivity index (χ0n) is 6.68. The van der Waals surface area contributed by atoms with E-state index in [0.717, 1.165) is 0 Å². The molecule has 11 heavy (non-hydrogen) atoms. The summed E-state index contributed by atoms with van der Waals surface area (Å²) in [7, 11) is 0. The molecule has 2 N–H and O–H groups in total. The van der Waals surface area contributed by atoms with Crippen molar-refractivity contribution in [2.45, 2.75) is 19.8 Å². The minimum Gasteiger partial charge on any atom is -0.338 e. The minimum atomic E-state index is -0.162. The molecule has 0 aliphatic carbocycles. The van der Waals surface area contributed by atoms with Gasteiger partial charge in [0.15, 0.2) is 0 Å². The molecule has 0 heterocycles. The number of carbonyl (C=O) groups is 1. The second-order valence-corrected chi connectivity index (χ2v) is 2.05. The number of unbranched alkanes of at least 4 members (excludes halogenated alkanes) is 1. The van der Waals surface area contributed by atoms with E-state index < -0.39 is 0 Å². The highest BCUT2D eigenvalue weighted by atomic mass is 16.2. The van der Waals surface area contributed by atoms with Gasteiger partial charge in [0.2, 0.25) is 0 Å². The summed E-state index contributed by atoms with van der Waals surface area (Å²) in [5.41, 5.74) is 0. The summed E-state index contributed by atoms with van der Waals surface area (Å²) in [6, 6.07) is 1.84. The highest BCUT2D eigenvalue weighted by molar-refractivity contribution is 5.73. The minimum absolute atomic E-state index is 0.162. The van der Waals surface area contributed by atoms with Crippen molar-refractivity contribution in [3.63, 3.8) is 0 Å². The maximum Gasteiger partial charge on any atom is 0.314 e. The first-order chi connectivity index (χ1) is 5.31. The SMILES string of the molecule is CCNC(=O)NCCCC#N. The van der Waals surface area contributed by atoms with Crippen molar-refractivity contribution in [2.24, 2.45) is 0 Å². The van der Waals surface area contributed by atoms with E-state index in [1.54, 1.807) is 0 Å². The molecule has 0 aliphatic heterocycles. The topological polar surface area (TPSA) is 64.9 Å². The van der Waals surface area contributed by atoms with Crippen LogP contribution in [0.1, 0.15) is 19.8 Å². The Morgan fingerprint density at radius 3 is 2.82 bits per heavy atom. The zero-order chi connectivity index (χ0) is 8.53. The average Bonchev–Trinajstić information content (AvgIpc) is 1.99. The van der Waals surface area contributed by atoms with Crippen molar-refractivity contribution in [3.8, 4) is 6.07 Å². The van der Waals surface area contributed by atoms with Gasteiger partial charge in [0.05, 0.1) is 6.07 Å². The second kappa shape index (κ2) is 6.87. The van der Waals surface area contributed by atoms with E-state index in [4.69, 9.17) is 5.26 Å². The molecule has 0 rings (SSSR count). The fourth-order valence-corrected chi connectivity index (χ4v) is 0.592. The van der Waals surface area contributed by atoms with E-state index in [2.05, 4.69) is 10.6 Å². The lowest BCUT2D eigenvalue weighted by Crippen LogP contribution is -2.35. The Kier molecular flexibility index (Phi) is 6.10. The van der Waals surface area contributed by atoms with E-state index >= 15 is 0 Å². The van der Waals surface area contributed by atoms with Gasteiger partial charge in [-0.05, 0) is 13.3 Å². The largest absolute Gasteiger partial charge is 0.338 e. The van der Waals surface area contributed by atoms with Gasteiger partial charge in [-0.15, -0.1) is 0 Å². The summed E-state index contributed by atoms with van der Waals surface area (Å²) >= 11 is 0. The smallest absolute Gasteiger partial charge is 0.314 e. The summed E-state index contributed by atoms with van der Waals surface area (Å²) in [5.74, 6) is 0. The lowest BCUT2D eigenvalue weighted by molar-refractivity contribution is 0.241. The molecule has 0 aromatic rings. The van der Waals surface area contributed by atoms with Crippen LogP contribution < -0.4 is 10.6 Å². The Morgan fingerprint density at radius 1 is 1.55 bits per heavy atom. The van der Waals surface area contributed by atoms with Crippen LogP contribution in [0.2, 0.25) is 0 Å². The van der Waals surface area contributed by atoms with Crippen LogP contribution in [0, 0.1) is 11.3 Å². The molecule has 0 aromatic heterocycles. The van der Waals surface area contributed by atoms with Crippen LogP contribution in [0.4, 0.5) is 4.79 Å². The van der Waals surface area contributed by atoms with E-state index in [-0.39, 0.29) is 6.03 Å². The molecule has 0 aliphatic rings. The molecule has 0 unspecified atom stereocenters. The van der Waals surface area contributed by atoms with E-state index in [1.165, 1.54) is 0 Å². The summed E-state index contributed by atoms with van der Waals surface area (Å²) in [4.78, 5) is 10.7. The van der Waals surface area contributed by atoms with Crippen molar-refractivity contribution in [3.05, 3.63) is 0 Å². The fraction of sp³-hybridized carbons (Fsp3) is 0.714. The number of amides is 2. The standard InChI is InChI=1S/C7H13N3O/c1-2-9-7(11)10-6-4-3-5-8/h2-4,6H2,1H3,(H2,9,10,11). The van der Waals surface area contributed by atoms with Gasteiger partial charge in [-0.3, -0.25) is 0 Å². The number of urea groups is 1. The molecule has 0 saturated heterocycles. The fourth-order valence-electron chi connectivity index (χ4n) is 0.592. The molecule has 62 valence electrons. The maximum atomic E-state index is 10.7. The Morgan fingerprint density at radius 2 is 2.27 bits per heavy atom. The number of carbonyl (C=O) groups excluding carboxylic acids is 1. The number of rotatable bonds is 4. The first kappa shape index (κ1) is 9.76. The lowest BCUT2D eigenvalue weighted by Gasteiger charge is -2.02. The lowest BCUT2D eigenvalue weighted by atomic mass is 10.3. The van der Waals surface area contributed by atoms with Crippen molar-refractivity contribution in [2.75, 3.05) is 13.1 Å². The number of hydrogen-bond donors (Lipinski definition) is 2. The summed E-state index contributed by atoms with van der Waals surface area (Å²) in [5, 5.41) is 13.4. The van der Waals surface area contributed by atoms with E-state index in [1.807, 2.05) is 13.0 Å². The molecular formula is C7H13N3O. The van der Waals surface area contributed by atoms with Gasteiger partial charge >= 0.3 is 6.03 Å². The molecule has 0 atom stereocenters. The van der Waals surface area contributed by atoms with Gasteiger partial charge in [-0.25, -0.2) is 4.79 Å². The van der Waals surface area contributed by atoms with Gasteiger partial charge in [-0.2, -0.15) is 5.26 Å².